The Morgan fingerprint density at radius 3 is 2.73 bits per heavy atom. The Hall–Kier alpha value is -1.41. The minimum absolute atomic E-state index is 0.00181. The number of hydrogen-bond donors (Lipinski definition) is 0. The smallest absolute Gasteiger partial charge is 0.348 e. The number of aryl methyl sites for hydroxylation is 2. The van der Waals surface area contributed by atoms with Crippen LogP contribution in [0.4, 0.5) is 0 Å². The number of amides is 1. The van der Waals surface area contributed by atoms with Crippen molar-refractivity contribution in [2.24, 2.45) is 0 Å². The van der Waals surface area contributed by atoms with Gasteiger partial charge in [0.2, 0.25) is 0 Å². The molecule has 1 saturated heterocycles. The maximum Gasteiger partial charge on any atom is 0.348 e. The molecule has 6 nitrogen and oxygen atoms in total. The van der Waals surface area contributed by atoms with Crippen molar-refractivity contribution in [2.45, 2.75) is 51.5 Å². The summed E-state index contributed by atoms with van der Waals surface area (Å²) in [6.45, 7) is 1.87. The number of ether oxygens (including phenoxy) is 1. The maximum absolute atomic E-state index is 12.4. The Balaban J connectivity index is 1.57. The fourth-order valence-electron chi connectivity index (χ4n) is 3.71. The van der Waals surface area contributed by atoms with Crippen LogP contribution in [0.5, 0.6) is 0 Å². The monoisotopic (exact) mass is 399 g/mol. The SMILES string of the molecule is CCN(C(=O)COC(=O)c1cc2c(s1)CCCCC2)[C@H]1CCS(=O)(=O)C1. The summed E-state index contributed by atoms with van der Waals surface area (Å²) in [4.78, 5) is 28.0. The third-order valence-electron chi connectivity index (χ3n) is 5.08. The lowest BCUT2D eigenvalue weighted by Crippen LogP contribution is -2.43. The largest absolute Gasteiger partial charge is 0.451 e. The van der Waals surface area contributed by atoms with Crippen molar-refractivity contribution in [2.75, 3.05) is 24.7 Å². The first kappa shape index (κ1) is 19.4. The number of sulfone groups is 1. The molecule has 0 saturated carbocycles. The summed E-state index contributed by atoms with van der Waals surface area (Å²) in [5.41, 5.74) is 1.23. The molecule has 1 fully saturated rings. The molecule has 1 amide bonds. The van der Waals surface area contributed by atoms with Crippen molar-refractivity contribution >= 4 is 33.1 Å². The van der Waals surface area contributed by atoms with E-state index < -0.39 is 15.8 Å². The van der Waals surface area contributed by atoms with Gasteiger partial charge in [-0.2, -0.15) is 0 Å². The van der Waals surface area contributed by atoms with Crippen molar-refractivity contribution in [3.8, 4) is 0 Å². The summed E-state index contributed by atoms with van der Waals surface area (Å²) in [7, 11) is -3.06. The number of likely N-dealkylation sites (N-methyl/N-ethyl adjacent to an activating group) is 1. The fraction of sp³-hybridized carbons (Fsp3) is 0.667. The highest BCUT2D eigenvalue weighted by Gasteiger charge is 2.34. The molecule has 1 aliphatic carbocycles. The van der Waals surface area contributed by atoms with E-state index in [9.17, 15) is 18.0 Å². The first-order valence-corrected chi connectivity index (χ1v) is 11.8. The molecule has 1 aromatic rings. The molecule has 0 unspecified atom stereocenters. The zero-order chi connectivity index (χ0) is 18.7. The standard InChI is InChI=1S/C18H25NO5S2/c1-2-19(14-8-9-26(22,23)12-14)17(20)11-24-18(21)16-10-13-6-4-3-5-7-15(13)25-16/h10,14H,2-9,11-12H2,1H3/t14-/m0/s1. The van der Waals surface area contributed by atoms with Crippen LogP contribution < -0.4 is 0 Å². The highest BCUT2D eigenvalue weighted by Crippen LogP contribution is 2.29. The average Bonchev–Trinajstić information content (AvgIpc) is 3.09. The van der Waals surface area contributed by atoms with Crippen LogP contribution in [0, 0.1) is 0 Å². The molecular formula is C18H25NO5S2. The van der Waals surface area contributed by atoms with Crippen molar-refractivity contribution in [3.63, 3.8) is 0 Å². The Bertz CT molecular complexity index is 760. The molecule has 0 N–H and O–H groups in total. The van der Waals surface area contributed by atoms with Gasteiger partial charge in [0, 0.05) is 17.5 Å². The van der Waals surface area contributed by atoms with Gasteiger partial charge in [-0.1, -0.05) is 6.42 Å². The molecule has 1 atom stereocenters. The van der Waals surface area contributed by atoms with Gasteiger partial charge in [-0.25, -0.2) is 13.2 Å². The number of nitrogens with zero attached hydrogens (tertiary/aromatic N) is 1. The quantitative estimate of drug-likeness (QED) is 0.560. The van der Waals surface area contributed by atoms with E-state index in [0.29, 0.717) is 17.8 Å². The van der Waals surface area contributed by atoms with Crippen LogP contribution in [0.3, 0.4) is 0 Å². The molecule has 0 spiro atoms. The third-order valence-corrected chi connectivity index (χ3v) is 8.05. The molecule has 2 aliphatic rings. The molecule has 1 aliphatic heterocycles. The minimum Gasteiger partial charge on any atom is -0.451 e. The van der Waals surface area contributed by atoms with E-state index in [1.165, 1.54) is 33.1 Å². The predicted molar refractivity (Wildman–Crippen MR) is 100 cm³/mol. The number of thiophene rings is 1. The molecule has 2 heterocycles. The van der Waals surface area contributed by atoms with Crippen molar-refractivity contribution in [1.82, 2.24) is 4.90 Å². The topological polar surface area (TPSA) is 80.8 Å². The van der Waals surface area contributed by atoms with E-state index in [0.717, 1.165) is 25.7 Å². The van der Waals surface area contributed by atoms with Gasteiger partial charge in [0.15, 0.2) is 16.4 Å². The Morgan fingerprint density at radius 1 is 1.27 bits per heavy atom. The second kappa shape index (κ2) is 8.08. The van der Waals surface area contributed by atoms with E-state index in [1.54, 1.807) is 6.92 Å². The molecule has 3 rings (SSSR count). The van der Waals surface area contributed by atoms with Crippen LogP contribution in [-0.4, -0.2) is 55.9 Å². The lowest BCUT2D eigenvalue weighted by molar-refractivity contribution is -0.136. The number of rotatable bonds is 5. The van der Waals surface area contributed by atoms with Gasteiger partial charge >= 0.3 is 5.97 Å². The van der Waals surface area contributed by atoms with Gasteiger partial charge in [0.25, 0.3) is 5.91 Å². The Labute approximate surface area is 158 Å². The average molecular weight is 400 g/mol. The van der Waals surface area contributed by atoms with Crippen molar-refractivity contribution < 1.29 is 22.7 Å². The van der Waals surface area contributed by atoms with Gasteiger partial charge in [0.1, 0.15) is 4.88 Å². The molecule has 144 valence electrons. The summed E-state index contributed by atoms with van der Waals surface area (Å²) in [6.07, 6.45) is 5.97. The maximum atomic E-state index is 12.4. The highest BCUT2D eigenvalue weighted by molar-refractivity contribution is 7.91. The lowest BCUT2D eigenvalue weighted by Gasteiger charge is -2.26. The van der Waals surface area contributed by atoms with E-state index in [-0.39, 0.29) is 30.1 Å². The molecule has 0 aromatic carbocycles. The van der Waals surface area contributed by atoms with E-state index in [2.05, 4.69) is 0 Å². The predicted octanol–water partition coefficient (Wildman–Crippen LogP) is 2.21. The van der Waals surface area contributed by atoms with Crippen LogP contribution in [-0.2, 0) is 32.2 Å². The number of fused-ring (bicyclic) bond motifs is 1. The highest BCUT2D eigenvalue weighted by atomic mass is 32.2. The number of esters is 1. The number of carbonyl (C=O) groups is 2. The lowest BCUT2D eigenvalue weighted by atomic mass is 10.1. The van der Waals surface area contributed by atoms with Crippen LogP contribution in [0.15, 0.2) is 6.07 Å². The summed E-state index contributed by atoms with van der Waals surface area (Å²) in [5, 5.41) is 0. The second-order valence-electron chi connectivity index (χ2n) is 6.93. The zero-order valence-electron chi connectivity index (χ0n) is 15.0. The Kier molecular flexibility index (Phi) is 6.02. The molecule has 0 bridgehead atoms. The molecule has 1 aromatic heterocycles. The first-order chi connectivity index (χ1) is 12.4. The first-order valence-electron chi connectivity index (χ1n) is 9.18. The second-order valence-corrected chi connectivity index (χ2v) is 10.3. The van der Waals surface area contributed by atoms with E-state index in [1.807, 2.05) is 6.07 Å². The summed E-state index contributed by atoms with van der Waals surface area (Å²) >= 11 is 1.47. The van der Waals surface area contributed by atoms with Crippen LogP contribution in [0.2, 0.25) is 0 Å². The van der Waals surface area contributed by atoms with Gasteiger partial charge in [-0.15, -0.1) is 11.3 Å². The van der Waals surface area contributed by atoms with E-state index >= 15 is 0 Å². The van der Waals surface area contributed by atoms with Gasteiger partial charge in [-0.05, 0) is 50.7 Å². The number of hydrogen-bond acceptors (Lipinski definition) is 6. The van der Waals surface area contributed by atoms with Crippen molar-refractivity contribution in [3.05, 3.63) is 21.4 Å². The summed E-state index contributed by atoms with van der Waals surface area (Å²) in [5.74, 6) is -0.687. The third kappa shape index (κ3) is 4.46. The molecule has 8 heteroatoms. The molecule has 26 heavy (non-hydrogen) atoms. The van der Waals surface area contributed by atoms with Crippen LogP contribution in [0.25, 0.3) is 0 Å². The van der Waals surface area contributed by atoms with Gasteiger partial charge in [0.05, 0.1) is 11.5 Å². The minimum atomic E-state index is -3.06. The molecular weight excluding hydrogens is 374 g/mol. The fourth-order valence-corrected chi connectivity index (χ4v) is 6.59. The zero-order valence-corrected chi connectivity index (χ0v) is 16.7. The normalized spacial score (nSPS) is 21.7. The Morgan fingerprint density at radius 2 is 2.04 bits per heavy atom. The van der Waals surface area contributed by atoms with E-state index in [4.69, 9.17) is 4.74 Å². The van der Waals surface area contributed by atoms with Gasteiger partial charge in [-0.3, -0.25) is 4.79 Å². The summed E-state index contributed by atoms with van der Waals surface area (Å²) < 4.78 is 28.5. The van der Waals surface area contributed by atoms with Crippen molar-refractivity contribution in [1.29, 1.82) is 0 Å². The van der Waals surface area contributed by atoms with Crippen LogP contribution >= 0.6 is 11.3 Å². The van der Waals surface area contributed by atoms with Crippen LogP contribution in [0.1, 0.15) is 52.7 Å². The molecule has 0 radical (unpaired) electrons. The number of carbonyl (C=O) groups excluding carboxylic acids is 2. The summed E-state index contributed by atoms with van der Waals surface area (Å²) in [6, 6.07) is 1.59. The van der Waals surface area contributed by atoms with Gasteiger partial charge < -0.3 is 9.64 Å².